The molecule has 0 aliphatic rings. The van der Waals surface area contributed by atoms with Crippen LogP contribution < -0.4 is 0 Å². The molecular formula is C44H33N13O4S4. The molecule has 0 aliphatic heterocycles. The number of fused-ring (bicyclic) bond motifs is 2. The summed E-state index contributed by atoms with van der Waals surface area (Å²) < 4.78 is 56.1. The van der Waals surface area contributed by atoms with Crippen LogP contribution in [-0.2, 0) is 26.6 Å². The van der Waals surface area contributed by atoms with Crippen LogP contribution in [0.25, 0.3) is 67.1 Å². The Bertz CT molecular complexity index is 3620. The van der Waals surface area contributed by atoms with Crippen LogP contribution in [0.15, 0.2) is 167 Å². The fourth-order valence-corrected chi connectivity index (χ4v) is 10.3. The monoisotopic (exact) mass is 935 g/mol. The van der Waals surface area contributed by atoms with Gasteiger partial charge in [-0.1, -0.05) is 59.9 Å². The summed E-state index contributed by atoms with van der Waals surface area (Å²) in [6.45, 7) is 0.0782. The summed E-state index contributed by atoms with van der Waals surface area (Å²) in [7, 11) is -7.52. The standard InChI is InChI=1S/C23H17N7O2S2.C21H16N6O2S2/c1-33-23-25-10-7-20(27-23)19-15-29(12-9-24)28-21(19)17-13-16-8-11-30(22(16)26-14-17)34(31,32)18-5-3-2-4-6-18;1-30-21-22-9-7-18(25-21)17-13-24-26-19(17)15-11-14-8-10-27(20(14)23-12-15)31(28,29)16-5-3-2-4-6-16/h2-8,10-11,13-15H,12H2,1H3;2-13H,1H3,(H,24,26). The Labute approximate surface area is 380 Å². The Balaban J connectivity index is 0.000000165. The lowest BCUT2D eigenvalue weighted by Crippen LogP contribution is -2.12. The van der Waals surface area contributed by atoms with Gasteiger partial charge >= 0.3 is 0 Å². The van der Waals surface area contributed by atoms with Crippen molar-refractivity contribution in [3.63, 3.8) is 0 Å². The molecule has 0 aliphatic carbocycles. The molecule has 0 fully saturated rings. The smallest absolute Gasteiger partial charge is 0.269 e. The zero-order chi connectivity index (χ0) is 45.1. The van der Waals surface area contributed by atoms with Crippen LogP contribution in [0.3, 0.4) is 0 Å². The van der Waals surface area contributed by atoms with Crippen molar-refractivity contribution < 1.29 is 16.8 Å². The molecule has 10 rings (SSSR count). The molecule has 0 atom stereocenters. The highest BCUT2D eigenvalue weighted by molar-refractivity contribution is 7.98. The van der Waals surface area contributed by atoms with E-state index in [4.69, 9.17) is 5.26 Å². The van der Waals surface area contributed by atoms with E-state index < -0.39 is 20.0 Å². The Kier molecular flexibility index (Phi) is 11.8. The van der Waals surface area contributed by atoms with Gasteiger partial charge in [0.25, 0.3) is 20.0 Å². The Morgan fingerprint density at radius 1 is 0.646 bits per heavy atom. The van der Waals surface area contributed by atoms with Crippen LogP contribution >= 0.6 is 23.5 Å². The first kappa shape index (κ1) is 42.8. The lowest BCUT2D eigenvalue weighted by Gasteiger charge is -2.08. The number of benzene rings is 2. The first-order valence-electron chi connectivity index (χ1n) is 19.4. The van der Waals surface area contributed by atoms with Crippen molar-refractivity contribution in [2.75, 3.05) is 12.5 Å². The number of H-pyrrole nitrogens is 1. The maximum Gasteiger partial charge on any atom is 0.269 e. The van der Waals surface area contributed by atoms with Gasteiger partial charge < -0.3 is 0 Å². The second-order valence-electron chi connectivity index (χ2n) is 13.9. The molecule has 2 aromatic carbocycles. The Hall–Kier alpha value is -7.51. The molecule has 0 radical (unpaired) electrons. The van der Waals surface area contributed by atoms with Gasteiger partial charge in [-0.3, -0.25) is 9.78 Å². The van der Waals surface area contributed by atoms with E-state index >= 15 is 0 Å². The molecule has 1 N–H and O–H groups in total. The number of nitrogens with zero attached hydrogens (tertiary/aromatic N) is 12. The molecule has 65 heavy (non-hydrogen) atoms. The second kappa shape index (κ2) is 17.9. The molecule has 0 saturated carbocycles. The highest BCUT2D eigenvalue weighted by Crippen LogP contribution is 2.34. The summed E-state index contributed by atoms with van der Waals surface area (Å²) in [6, 6.07) is 29.4. The summed E-state index contributed by atoms with van der Waals surface area (Å²) in [6.07, 6.45) is 16.9. The number of rotatable bonds is 11. The SMILES string of the molecule is CSc1nccc(-c2cn(CC#N)nc2-c2cnc3c(ccn3S(=O)(=O)c3ccccc3)c2)n1.CSc1nccc(-c2cn[nH]c2-c2cnc3c(ccn3S(=O)(=O)c3ccccc3)c2)n1. The maximum atomic E-state index is 13.1. The molecule has 8 aromatic heterocycles. The minimum atomic E-state index is -3.78. The van der Waals surface area contributed by atoms with Gasteiger partial charge in [0.05, 0.1) is 39.1 Å². The number of nitriles is 1. The molecule has 0 spiro atoms. The van der Waals surface area contributed by atoms with Crippen LogP contribution in [0.5, 0.6) is 0 Å². The van der Waals surface area contributed by atoms with Gasteiger partial charge in [0.15, 0.2) is 21.6 Å². The highest BCUT2D eigenvalue weighted by atomic mass is 32.2. The molecule has 10 aromatic rings. The highest BCUT2D eigenvalue weighted by Gasteiger charge is 2.23. The topological polar surface area (TPSA) is 226 Å². The normalized spacial score (nSPS) is 11.6. The molecular weight excluding hydrogens is 903 g/mol. The van der Waals surface area contributed by atoms with Crippen molar-refractivity contribution in [3.8, 4) is 51.1 Å². The number of hydrogen-bond acceptors (Lipinski definition) is 15. The molecule has 8 heterocycles. The van der Waals surface area contributed by atoms with E-state index in [1.54, 1.807) is 121 Å². The fourth-order valence-electron chi connectivity index (χ4n) is 6.92. The zero-order valence-corrected chi connectivity index (χ0v) is 37.5. The first-order chi connectivity index (χ1) is 31.6. The molecule has 322 valence electrons. The van der Waals surface area contributed by atoms with Crippen molar-refractivity contribution in [1.29, 1.82) is 5.26 Å². The lowest BCUT2D eigenvalue weighted by molar-refractivity contribution is 0.587. The van der Waals surface area contributed by atoms with E-state index in [2.05, 4.69) is 51.3 Å². The summed E-state index contributed by atoms with van der Waals surface area (Å²) in [4.78, 5) is 26.9. The van der Waals surface area contributed by atoms with E-state index in [1.807, 2.05) is 30.7 Å². The minimum Gasteiger partial charge on any atom is -0.277 e. The molecule has 0 bridgehead atoms. The predicted octanol–water partition coefficient (Wildman–Crippen LogP) is 7.68. The molecule has 0 unspecified atom stereocenters. The zero-order valence-electron chi connectivity index (χ0n) is 34.2. The van der Waals surface area contributed by atoms with Crippen molar-refractivity contribution in [3.05, 3.63) is 147 Å². The quantitative estimate of drug-likeness (QED) is 0.0969. The molecule has 17 nitrogen and oxygen atoms in total. The number of nitrogens with one attached hydrogen (secondary N) is 1. The van der Waals surface area contributed by atoms with Crippen molar-refractivity contribution in [2.24, 2.45) is 0 Å². The van der Waals surface area contributed by atoms with Crippen molar-refractivity contribution in [2.45, 2.75) is 26.6 Å². The third-order valence-electron chi connectivity index (χ3n) is 9.97. The Morgan fingerprint density at radius 3 is 1.71 bits per heavy atom. The predicted molar refractivity (Wildman–Crippen MR) is 248 cm³/mol. The van der Waals surface area contributed by atoms with E-state index in [-0.39, 0.29) is 16.3 Å². The average molecular weight is 936 g/mol. The molecule has 0 amide bonds. The maximum absolute atomic E-state index is 13.1. The van der Waals surface area contributed by atoms with Crippen LogP contribution in [-0.4, -0.2) is 87.2 Å². The summed E-state index contributed by atoms with van der Waals surface area (Å²) >= 11 is 2.89. The number of aromatic nitrogens is 12. The van der Waals surface area contributed by atoms with Gasteiger partial charge in [-0.2, -0.15) is 15.5 Å². The number of hydrogen-bond donors (Lipinski definition) is 1. The molecule has 0 saturated heterocycles. The summed E-state index contributed by atoms with van der Waals surface area (Å²) in [5.74, 6) is 0. The summed E-state index contributed by atoms with van der Waals surface area (Å²) in [5, 5.41) is 23.5. The van der Waals surface area contributed by atoms with Crippen LogP contribution in [0, 0.1) is 11.3 Å². The average Bonchev–Trinajstić information content (AvgIpc) is 4.18. The Morgan fingerprint density at radius 2 is 1.17 bits per heavy atom. The van der Waals surface area contributed by atoms with Crippen molar-refractivity contribution >= 4 is 65.6 Å². The number of aromatic amines is 1. The van der Waals surface area contributed by atoms with E-state index in [1.165, 1.54) is 43.9 Å². The van der Waals surface area contributed by atoms with Gasteiger partial charge in [-0.15, -0.1) is 0 Å². The number of thioether (sulfide) groups is 2. The van der Waals surface area contributed by atoms with Crippen LogP contribution in [0.4, 0.5) is 0 Å². The van der Waals surface area contributed by atoms with Gasteiger partial charge in [0.1, 0.15) is 12.2 Å². The van der Waals surface area contributed by atoms with Gasteiger partial charge in [0.2, 0.25) is 0 Å². The fraction of sp³-hybridized carbons (Fsp3) is 0.0682. The summed E-state index contributed by atoms with van der Waals surface area (Å²) in [5.41, 5.74) is 6.43. The largest absolute Gasteiger partial charge is 0.277 e. The minimum absolute atomic E-state index is 0.0782. The number of pyridine rings is 2. The first-order valence-corrected chi connectivity index (χ1v) is 24.7. The third-order valence-corrected chi connectivity index (χ3v) is 14.5. The van der Waals surface area contributed by atoms with Gasteiger partial charge in [-0.05, 0) is 73.2 Å². The van der Waals surface area contributed by atoms with Gasteiger partial charge in [0, 0.05) is 76.4 Å². The van der Waals surface area contributed by atoms with E-state index in [0.717, 1.165) is 28.1 Å². The van der Waals surface area contributed by atoms with Crippen molar-refractivity contribution in [1.82, 2.24) is 57.8 Å². The van der Waals surface area contributed by atoms with Gasteiger partial charge in [-0.25, -0.2) is 54.7 Å². The molecule has 21 heteroatoms. The lowest BCUT2D eigenvalue weighted by atomic mass is 10.1. The second-order valence-corrected chi connectivity index (χ2v) is 19.1. The van der Waals surface area contributed by atoms with Crippen LogP contribution in [0.1, 0.15) is 0 Å². The van der Waals surface area contributed by atoms with E-state index in [0.29, 0.717) is 49.3 Å². The van der Waals surface area contributed by atoms with Crippen LogP contribution in [0.2, 0.25) is 0 Å². The van der Waals surface area contributed by atoms with E-state index in [9.17, 15) is 16.8 Å². The third kappa shape index (κ3) is 8.38.